The van der Waals surface area contributed by atoms with Crippen LogP contribution < -0.4 is 5.69 Å². The van der Waals surface area contributed by atoms with Gasteiger partial charge in [-0.3, -0.25) is 14.3 Å². The number of nitrogens with zero attached hydrogens (tertiary/aromatic N) is 5. The quantitative estimate of drug-likeness (QED) is 0.629. The van der Waals surface area contributed by atoms with E-state index in [2.05, 4.69) is 10.1 Å². The molecule has 0 aliphatic carbocycles. The molecule has 1 saturated heterocycles. The van der Waals surface area contributed by atoms with E-state index >= 15 is 0 Å². The van der Waals surface area contributed by atoms with E-state index < -0.39 is 80.4 Å². The number of alkyl halides is 5. The monoisotopic (exact) mass is 483 g/mol. The van der Waals surface area contributed by atoms with E-state index in [4.69, 9.17) is 11.6 Å². The lowest BCUT2D eigenvalue weighted by Gasteiger charge is -2.32. The van der Waals surface area contributed by atoms with Crippen molar-refractivity contribution in [2.45, 2.75) is 43.9 Å². The van der Waals surface area contributed by atoms with Gasteiger partial charge in [-0.15, -0.1) is 0 Å². The molecule has 4 atom stereocenters. The van der Waals surface area contributed by atoms with Crippen molar-refractivity contribution in [3.63, 3.8) is 0 Å². The van der Waals surface area contributed by atoms with Crippen molar-refractivity contribution in [1.29, 1.82) is 0 Å². The van der Waals surface area contributed by atoms with E-state index in [-0.39, 0.29) is 16.5 Å². The molecule has 14 heteroatoms. The molecule has 2 aromatic heterocycles. The molecular formula is C18H16ClF6N5O2. The molecule has 0 aromatic carbocycles. The van der Waals surface area contributed by atoms with Crippen LogP contribution in [-0.4, -0.2) is 61.7 Å². The van der Waals surface area contributed by atoms with Crippen LogP contribution >= 0.6 is 11.6 Å². The highest BCUT2D eigenvalue weighted by Crippen LogP contribution is 2.39. The van der Waals surface area contributed by atoms with Crippen LogP contribution in [0, 0.1) is 11.7 Å². The minimum absolute atomic E-state index is 0.00404. The zero-order chi connectivity index (χ0) is 23.4. The van der Waals surface area contributed by atoms with Crippen molar-refractivity contribution in [2.24, 2.45) is 5.92 Å². The second kappa shape index (κ2) is 8.09. The molecule has 4 rings (SSSR count). The smallest absolute Gasteiger partial charge is 0.335 e. The number of aromatic nitrogens is 4. The summed E-state index contributed by atoms with van der Waals surface area (Å²) in [6.45, 7) is -1.75. The molecule has 4 heterocycles. The Balaban J connectivity index is 1.71. The molecule has 0 N–H and O–H groups in total. The maximum atomic E-state index is 14.1. The van der Waals surface area contributed by atoms with Gasteiger partial charge in [0, 0.05) is 12.6 Å². The molecule has 0 bridgehead atoms. The van der Waals surface area contributed by atoms with Gasteiger partial charge < -0.3 is 4.90 Å². The van der Waals surface area contributed by atoms with E-state index in [0.717, 1.165) is 21.7 Å². The molecule has 2 aliphatic rings. The number of carbonyl (C=O) groups is 1. The van der Waals surface area contributed by atoms with Crippen LogP contribution in [0.3, 0.4) is 0 Å². The summed E-state index contributed by atoms with van der Waals surface area (Å²) in [7, 11) is 0. The van der Waals surface area contributed by atoms with Gasteiger partial charge in [-0.1, -0.05) is 11.6 Å². The van der Waals surface area contributed by atoms with Gasteiger partial charge in [-0.25, -0.2) is 22.6 Å². The Morgan fingerprint density at radius 2 is 1.88 bits per heavy atom. The highest BCUT2D eigenvalue weighted by atomic mass is 35.5. The molecule has 0 saturated carbocycles. The van der Waals surface area contributed by atoms with Crippen LogP contribution in [0.2, 0.25) is 5.02 Å². The summed E-state index contributed by atoms with van der Waals surface area (Å²) in [5.74, 6) is -4.17. The highest BCUT2D eigenvalue weighted by Gasteiger charge is 2.49. The van der Waals surface area contributed by atoms with Crippen molar-refractivity contribution in [2.75, 3.05) is 13.1 Å². The fourth-order valence-corrected chi connectivity index (χ4v) is 4.12. The van der Waals surface area contributed by atoms with Crippen molar-refractivity contribution in [1.82, 2.24) is 24.2 Å². The van der Waals surface area contributed by atoms with Gasteiger partial charge in [-0.2, -0.15) is 18.3 Å². The molecule has 7 nitrogen and oxygen atoms in total. The van der Waals surface area contributed by atoms with E-state index in [9.17, 15) is 35.9 Å². The highest BCUT2D eigenvalue weighted by molar-refractivity contribution is 6.30. The van der Waals surface area contributed by atoms with Crippen LogP contribution in [-0.2, 0) is 17.8 Å². The molecule has 0 radical (unpaired) electrons. The largest absolute Gasteiger partial charge is 0.392 e. The summed E-state index contributed by atoms with van der Waals surface area (Å²) in [5.41, 5.74) is -1.19. The van der Waals surface area contributed by atoms with Crippen molar-refractivity contribution in [3.8, 4) is 0 Å². The number of halogens is 7. The Morgan fingerprint density at radius 1 is 1.22 bits per heavy atom. The predicted octanol–water partition coefficient (Wildman–Crippen LogP) is 2.46. The molecule has 174 valence electrons. The molecule has 1 fully saturated rings. The van der Waals surface area contributed by atoms with Crippen LogP contribution in [0.5, 0.6) is 0 Å². The van der Waals surface area contributed by atoms with E-state index in [1.165, 1.54) is 0 Å². The topological polar surface area (TPSA) is 73.0 Å². The maximum absolute atomic E-state index is 14.1. The van der Waals surface area contributed by atoms with Gasteiger partial charge in [0.1, 0.15) is 17.7 Å². The van der Waals surface area contributed by atoms with Gasteiger partial charge in [0.15, 0.2) is 12.3 Å². The maximum Gasteiger partial charge on any atom is 0.392 e. The third-order valence-corrected chi connectivity index (χ3v) is 5.82. The lowest BCUT2D eigenvalue weighted by molar-refractivity contribution is -0.183. The fraction of sp³-hybridized carbons (Fsp3) is 0.556. The Labute approximate surface area is 181 Å². The van der Waals surface area contributed by atoms with Crippen molar-refractivity contribution >= 4 is 17.5 Å². The first-order chi connectivity index (χ1) is 15.0. The number of carbonyl (C=O) groups excluding carboxylic acids is 1. The first-order valence-corrected chi connectivity index (χ1v) is 9.95. The van der Waals surface area contributed by atoms with Gasteiger partial charge in [-0.05, 0) is 12.5 Å². The molecule has 32 heavy (non-hydrogen) atoms. The van der Waals surface area contributed by atoms with E-state index in [0.29, 0.717) is 4.68 Å². The molecule has 4 unspecified atom stereocenters. The molecule has 0 spiro atoms. The number of hydrogen-bond acceptors (Lipinski definition) is 4. The first kappa shape index (κ1) is 22.6. The summed E-state index contributed by atoms with van der Waals surface area (Å²) >= 11 is 5.64. The van der Waals surface area contributed by atoms with Crippen LogP contribution in [0.4, 0.5) is 26.3 Å². The number of likely N-dealkylation sites (tertiary alicyclic amines) is 1. The Kier molecular flexibility index (Phi) is 5.72. The van der Waals surface area contributed by atoms with Crippen LogP contribution in [0.15, 0.2) is 17.1 Å². The number of rotatable bonds is 3. The van der Waals surface area contributed by atoms with Gasteiger partial charge in [0.2, 0.25) is 5.91 Å². The van der Waals surface area contributed by atoms with E-state index in [1.807, 2.05) is 0 Å². The zero-order valence-corrected chi connectivity index (χ0v) is 17.0. The second-order valence-corrected chi connectivity index (χ2v) is 8.21. The average Bonchev–Trinajstić information content (AvgIpc) is 3.21. The zero-order valence-electron chi connectivity index (χ0n) is 16.2. The molecule has 2 aliphatic heterocycles. The summed E-state index contributed by atoms with van der Waals surface area (Å²) in [6.07, 6.45) is -8.94. The fourth-order valence-electron chi connectivity index (χ4n) is 3.98. The summed E-state index contributed by atoms with van der Waals surface area (Å²) in [5, 5.41) is 3.87. The van der Waals surface area contributed by atoms with Crippen molar-refractivity contribution in [3.05, 3.63) is 45.1 Å². The number of amides is 1. The minimum atomic E-state index is -4.69. The number of pyridine rings is 1. The number of fused-ring (bicyclic) bond motifs is 1. The second-order valence-electron chi connectivity index (χ2n) is 7.78. The predicted molar refractivity (Wildman–Crippen MR) is 98.1 cm³/mol. The lowest BCUT2D eigenvalue weighted by atomic mass is 9.91. The molecule has 2 aromatic rings. The van der Waals surface area contributed by atoms with Gasteiger partial charge in [0.25, 0.3) is 0 Å². The van der Waals surface area contributed by atoms with Crippen LogP contribution in [0.1, 0.15) is 24.0 Å². The molecular weight excluding hydrogens is 468 g/mol. The van der Waals surface area contributed by atoms with Crippen LogP contribution in [0.25, 0.3) is 0 Å². The SMILES string of the molecule is O=C(C1CC(C(F)(F)F)Cc2nn(Cc3ncc(Cl)cc3F)c(=O)n21)N1CC(F)C(F)C1. The number of hydrogen-bond donors (Lipinski definition) is 0. The van der Waals surface area contributed by atoms with Crippen molar-refractivity contribution < 1.29 is 31.1 Å². The van der Waals surface area contributed by atoms with Gasteiger partial charge in [0.05, 0.1) is 36.3 Å². The first-order valence-electron chi connectivity index (χ1n) is 9.57. The summed E-state index contributed by atoms with van der Waals surface area (Å²) in [6, 6.07) is -0.697. The average molecular weight is 484 g/mol. The third-order valence-electron chi connectivity index (χ3n) is 5.61. The normalized spacial score (nSPS) is 25.8. The Morgan fingerprint density at radius 3 is 2.47 bits per heavy atom. The molecule has 1 amide bonds. The standard InChI is InChI=1S/C18H16ClF6N5O2/c19-9-3-10(20)13(26-4-9)7-29-17(32)30-14(16(31)28-5-11(21)12(22)6-28)1-8(18(23,24)25)2-15(30)27-29/h3-4,8,11-12,14H,1-2,5-7H2. The minimum Gasteiger partial charge on any atom is -0.335 e. The summed E-state index contributed by atoms with van der Waals surface area (Å²) in [4.78, 5) is 30.3. The third kappa shape index (κ3) is 4.09. The Bertz CT molecular complexity index is 1090. The van der Waals surface area contributed by atoms with Gasteiger partial charge >= 0.3 is 11.9 Å². The summed E-state index contributed by atoms with van der Waals surface area (Å²) < 4.78 is 83.1. The Hall–Kier alpha value is -2.57. The van der Waals surface area contributed by atoms with E-state index in [1.54, 1.807) is 0 Å². The lowest BCUT2D eigenvalue weighted by Crippen LogP contribution is -2.45.